The highest BCUT2D eigenvalue weighted by atomic mass is 32.2. The third-order valence-electron chi connectivity index (χ3n) is 4.31. The average molecular weight is 388 g/mol. The zero-order valence-electron chi connectivity index (χ0n) is 14.8. The van der Waals surface area contributed by atoms with Crippen LogP contribution >= 0.6 is 11.8 Å². The lowest BCUT2D eigenvalue weighted by Crippen LogP contribution is -2.45. The summed E-state index contributed by atoms with van der Waals surface area (Å²) in [5, 5.41) is 8.98. The van der Waals surface area contributed by atoms with Crippen molar-refractivity contribution in [2.45, 2.75) is 23.2 Å². The standard InChI is InChI=1S/C19H20N2O5S/c1-25-14-5-2-12(3-6-14)9-17-19(24)21(10-18(23)26-20)15-8-13(11-22)4-7-16(15)27-17/h2-8,17,22H,9-11,20H2,1H3. The predicted octanol–water partition coefficient (Wildman–Crippen LogP) is 1.65. The highest BCUT2D eigenvalue weighted by Crippen LogP contribution is 2.41. The second-order valence-electron chi connectivity index (χ2n) is 6.03. The normalized spacial score (nSPS) is 16.0. The van der Waals surface area contributed by atoms with Crippen LogP contribution in [0.5, 0.6) is 5.75 Å². The van der Waals surface area contributed by atoms with E-state index in [4.69, 9.17) is 10.6 Å². The van der Waals surface area contributed by atoms with Crippen molar-refractivity contribution in [3.8, 4) is 5.75 Å². The summed E-state index contributed by atoms with van der Waals surface area (Å²) < 4.78 is 5.16. The lowest BCUT2D eigenvalue weighted by Gasteiger charge is -2.33. The second-order valence-corrected chi connectivity index (χ2v) is 7.28. The van der Waals surface area contributed by atoms with Crippen molar-refractivity contribution >= 4 is 29.3 Å². The molecule has 8 heteroatoms. The number of anilines is 1. The molecule has 0 saturated heterocycles. The van der Waals surface area contributed by atoms with Crippen LogP contribution in [-0.2, 0) is 27.5 Å². The first kappa shape index (κ1) is 19.2. The van der Waals surface area contributed by atoms with Gasteiger partial charge in [0, 0.05) is 4.90 Å². The Bertz CT molecular complexity index is 840. The number of aliphatic hydroxyl groups is 1. The Morgan fingerprint density at radius 2 is 1.93 bits per heavy atom. The number of nitrogens with two attached hydrogens (primary N) is 1. The first-order valence-corrected chi connectivity index (χ1v) is 9.18. The van der Waals surface area contributed by atoms with Crippen molar-refractivity contribution in [3.05, 3.63) is 53.6 Å². The van der Waals surface area contributed by atoms with Gasteiger partial charge in [-0.15, -0.1) is 11.8 Å². The van der Waals surface area contributed by atoms with Crippen molar-refractivity contribution in [3.63, 3.8) is 0 Å². The maximum atomic E-state index is 13.0. The SMILES string of the molecule is COc1ccc(CC2Sc3ccc(CO)cc3N(CC(=O)ON)C2=O)cc1. The molecule has 1 atom stereocenters. The van der Waals surface area contributed by atoms with Gasteiger partial charge in [0.2, 0.25) is 5.91 Å². The van der Waals surface area contributed by atoms with Crippen LogP contribution in [0.4, 0.5) is 5.69 Å². The van der Waals surface area contributed by atoms with Crippen molar-refractivity contribution in [1.82, 2.24) is 0 Å². The molecule has 2 aromatic carbocycles. The molecule has 0 aliphatic carbocycles. The zero-order valence-corrected chi connectivity index (χ0v) is 15.6. The molecular weight excluding hydrogens is 368 g/mol. The van der Waals surface area contributed by atoms with Crippen LogP contribution in [0, 0.1) is 0 Å². The molecular formula is C19H20N2O5S. The molecule has 1 amide bonds. The highest BCUT2D eigenvalue weighted by molar-refractivity contribution is 8.01. The molecule has 0 saturated carbocycles. The number of thioether (sulfide) groups is 1. The number of aliphatic hydroxyl groups excluding tert-OH is 1. The molecule has 1 aliphatic rings. The van der Waals surface area contributed by atoms with E-state index >= 15 is 0 Å². The molecule has 0 radical (unpaired) electrons. The molecule has 1 unspecified atom stereocenters. The van der Waals surface area contributed by atoms with E-state index in [-0.39, 0.29) is 19.1 Å². The molecule has 0 bridgehead atoms. The summed E-state index contributed by atoms with van der Waals surface area (Å²) >= 11 is 1.44. The predicted molar refractivity (Wildman–Crippen MR) is 101 cm³/mol. The fourth-order valence-electron chi connectivity index (χ4n) is 2.90. The third kappa shape index (κ3) is 4.24. The van der Waals surface area contributed by atoms with E-state index in [0.29, 0.717) is 17.7 Å². The van der Waals surface area contributed by atoms with Gasteiger partial charge in [0.05, 0.1) is 24.7 Å². The van der Waals surface area contributed by atoms with E-state index < -0.39 is 11.2 Å². The molecule has 27 heavy (non-hydrogen) atoms. The molecule has 3 rings (SSSR count). The van der Waals surface area contributed by atoms with Crippen molar-refractivity contribution in [2.75, 3.05) is 18.6 Å². The van der Waals surface area contributed by atoms with E-state index in [2.05, 4.69) is 4.84 Å². The van der Waals surface area contributed by atoms with Crippen LogP contribution in [0.15, 0.2) is 47.4 Å². The Kier molecular flexibility index (Phi) is 6.00. The van der Waals surface area contributed by atoms with Crippen LogP contribution in [0.25, 0.3) is 0 Å². The number of carbonyl (C=O) groups is 2. The Morgan fingerprint density at radius 1 is 1.22 bits per heavy atom. The minimum Gasteiger partial charge on any atom is -0.497 e. The van der Waals surface area contributed by atoms with Crippen LogP contribution in [0.1, 0.15) is 11.1 Å². The molecule has 2 aromatic rings. The van der Waals surface area contributed by atoms with Gasteiger partial charge in [0.25, 0.3) is 0 Å². The summed E-state index contributed by atoms with van der Waals surface area (Å²) in [6.45, 7) is -0.437. The lowest BCUT2D eigenvalue weighted by molar-refractivity contribution is -0.143. The van der Waals surface area contributed by atoms with Crippen molar-refractivity contribution in [1.29, 1.82) is 0 Å². The number of benzene rings is 2. The monoisotopic (exact) mass is 388 g/mol. The molecule has 7 nitrogen and oxygen atoms in total. The van der Waals surface area contributed by atoms with Crippen LogP contribution in [-0.4, -0.2) is 35.9 Å². The van der Waals surface area contributed by atoms with E-state index in [1.165, 1.54) is 16.7 Å². The second kappa shape index (κ2) is 8.43. The summed E-state index contributed by atoms with van der Waals surface area (Å²) in [6, 6.07) is 12.9. The van der Waals surface area contributed by atoms with Gasteiger partial charge in [-0.25, -0.2) is 4.79 Å². The van der Waals surface area contributed by atoms with Gasteiger partial charge >= 0.3 is 5.97 Å². The highest BCUT2D eigenvalue weighted by Gasteiger charge is 2.35. The van der Waals surface area contributed by atoms with Gasteiger partial charge in [-0.3, -0.25) is 9.69 Å². The first-order valence-electron chi connectivity index (χ1n) is 8.30. The molecule has 0 fully saturated rings. The van der Waals surface area contributed by atoms with E-state index in [0.717, 1.165) is 16.2 Å². The van der Waals surface area contributed by atoms with E-state index in [1.54, 1.807) is 19.2 Å². The summed E-state index contributed by atoms with van der Waals surface area (Å²) in [4.78, 5) is 31.2. The van der Waals surface area contributed by atoms with Gasteiger partial charge in [0.1, 0.15) is 12.3 Å². The van der Waals surface area contributed by atoms with Crippen LogP contribution in [0.3, 0.4) is 0 Å². The van der Waals surface area contributed by atoms with Crippen molar-refractivity contribution < 1.29 is 24.3 Å². The molecule has 0 spiro atoms. The summed E-state index contributed by atoms with van der Waals surface area (Å²) in [7, 11) is 1.60. The third-order valence-corrected chi connectivity index (χ3v) is 5.56. The fourth-order valence-corrected chi connectivity index (χ4v) is 4.15. The topological polar surface area (TPSA) is 102 Å². The smallest absolute Gasteiger partial charge is 0.344 e. The number of amides is 1. The number of fused-ring (bicyclic) bond motifs is 1. The Balaban J connectivity index is 1.90. The maximum Gasteiger partial charge on any atom is 0.344 e. The zero-order chi connectivity index (χ0) is 19.4. The van der Waals surface area contributed by atoms with Crippen LogP contribution < -0.4 is 15.5 Å². The number of carbonyl (C=O) groups excluding carboxylic acids is 2. The lowest BCUT2D eigenvalue weighted by atomic mass is 10.1. The van der Waals surface area contributed by atoms with Crippen LogP contribution in [0.2, 0.25) is 0 Å². The molecule has 1 aliphatic heterocycles. The number of hydrogen-bond donors (Lipinski definition) is 2. The fraction of sp³-hybridized carbons (Fsp3) is 0.263. The van der Waals surface area contributed by atoms with E-state index in [1.807, 2.05) is 30.3 Å². The number of hydrogen-bond acceptors (Lipinski definition) is 7. The molecule has 3 N–H and O–H groups in total. The maximum absolute atomic E-state index is 13.0. The summed E-state index contributed by atoms with van der Waals surface area (Å²) in [6.07, 6.45) is 0.503. The van der Waals surface area contributed by atoms with Gasteiger partial charge in [-0.1, -0.05) is 18.2 Å². The quantitative estimate of drug-likeness (QED) is 0.726. The van der Waals surface area contributed by atoms with Gasteiger partial charge in [0.15, 0.2) is 0 Å². The largest absolute Gasteiger partial charge is 0.497 e. The minimum absolute atomic E-state index is 0.156. The number of nitrogens with zero attached hydrogens (tertiary/aromatic N) is 1. The average Bonchev–Trinajstić information content (AvgIpc) is 2.71. The van der Waals surface area contributed by atoms with E-state index in [9.17, 15) is 14.7 Å². The van der Waals surface area contributed by atoms with Gasteiger partial charge in [-0.05, 0) is 41.8 Å². The molecule has 1 heterocycles. The summed E-state index contributed by atoms with van der Waals surface area (Å²) in [5.41, 5.74) is 2.22. The Morgan fingerprint density at radius 3 is 2.56 bits per heavy atom. The molecule has 0 aromatic heterocycles. The number of methoxy groups -OCH3 is 1. The van der Waals surface area contributed by atoms with Crippen molar-refractivity contribution in [2.24, 2.45) is 5.90 Å². The Hall–Kier alpha value is -2.55. The van der Waals surface area contributed by atoms with Gasteiger partial charge in [-0.2, -0.15) is 5.90 Å². The number of rotatable bonds is 6. The Labute approximate surface area is 161 Å². The number of ether oxygens (including phenoxy) is 1. The van der Waals surface area contributed by atoms with Gasteiger partial charge < -0.3 is 14.7 Å². The molecule has 142 valence electrons. The minimum atomic E-state index is -0.709. The summed E-state index contributed by atoms with van der Waals surface area (Å²) in [5.74, 6) is 4.78. The first-order chi connectivity index (χ1) is 13.0.